The van der Waals surface area contributed by atoms with Crippen molar-refractivity contribution in [2.24, 2.45) is 5.92 Å². The number of carbonyl (C=O) groups is 1. The number of alkyl carbamates (subject to hydrolysis) is 1. The molecule has 0 aliphatic rings. The van der Waals surface area contributed by atoms with Gasteiger partial charge in [0.1, 0.15) is 0 Å². The zero-order chi connectivity index (χ0) is 34.7. The summed E-state index contributed by atoms with van der Waals surface area (Å²) in [6.07, 6.45) is 0.0283. The Bertz CT molecular complexity index is 1670. The highest BCUT2D eigenvalue weighted by Gasteiger charge is 2.33. The number of benzene rings is 3. The van der Waals surface area contributed by atoms with E-state index in [1.165, 1.54) is 34.9 Å². The minimum Gasteiger partial charge on any atom is -0.453 e. The summed E-state index contributed by atoms with van der Waals surface area (Å²) in [5, 5.41) is 26.4. The number of aliphatic hydroxyl groups excluding tert-OH is 2. The molecule has 1 heterocycles. The monoisotopic (exact) mass is 691 g/mol. The lowest BCUT2D eigenvalue weighted by molar-refractivity contribution is 0.167. The molecule has 0 bridgehead atoms. The van der Waals surface area contributed by atoms with Gasteiger partial charge in [-0.05, 0) is 53.3 Å². The predicted octanol–water partition coefficient (Wildman–Crippen LogP) is 6.17. The number of carbonyl (C=O) groups excluding carboxylic acids is 1. The molecular weight excluding hydrogens is 647 g/mol. The molecular formula is C37H45N3O6S2. The molecule has 9 nitrogen and oxygen atoms in total. The van der Waals surface area contributed by atoms with Crippen molar-refractivity contribution in [3.63, 3.8) is 0 Å². The van der Waals surface area contributed by atoms with Crippen LogP contribution in [0.3, 0.4) is 0 Å². The number of amides is 1. The summed E-state index contributed by atoms with van der Waals surface area (Å²) in [6.45, 7) is 8.38. The normalized spacial score (nSPS) is 13.0. The van der Waals surface area contributed by atoms with Crippen molar-refractivity contribution in [1.29, 1.82) is 0 Å². The van der Waals surface area contributed by atoms with Crippen LogP contribution in [-0.4, -0.2) is 55.3 Å². The zero-order valence-corrected chi connectivity index (χ0v) is 29.2. The fourth-order valence-corrected chi connectivity index (χ4v) is 8.22. The molecule has 0 spiro atoms. The Morgan fingerprint density at radius 2 is 1.52 bits per heavy atom. The summed E-state index contributed by atoms with van der Waals surface area (Å²) in [5.41, 5.74) is 3.16. The lowest BCUT2D eigenvalue weighted by Crippen LogP contribution is -2.44. The summed E-state index contributed by atoms with van der Waals surface area (Å²) in [6, 6.07) is 28.3. The van der Waals surface area contributed by atoms with Gasteiger partial charge in [0, 0.05) is 34.5 Å². The largest absolute Gasteiger partial charge is 0.453 e. The summed E-state index contributed by atoms with van der Waals surface area (Å²) >= 11 is 1.40. The van der Waals surface area contributed by atoms with Crippen LogP contribution in [0.5, 0.6) is 0 Å². The fraction of sp³-hybridized carbons (Fsp3) is 0.324. The molecule has 11 heteroatoms. The molecule has 0 saturated heterocycles. The number of hydrogen-bond acceptors (Lipinski definition) is 8. The van der Waals surface area contributed by atoms with Crippen molar-refractivity contribution in [2.45, 2.75) is 56.3 Å². The number of nitrogens with zero attached hydrogens (tertiary/aromatic N) is 1. The average molecular weight is 692 g/mol. The number of thiophene rings is 1. The van der Waals surface area contributed by atoms with Gasteiger partial charge >= 0.3 is 6.09 Å². The molecule has 0 aliphatic carbocycles. The second-order valence-corrected chi connectivity index (χ2v) is 15.0. The molecule has 48 heavy (non-hydrogen) atoms. The molecule has 4 rings (SSSR count). The Kier molecular flexibility index (Phi) is 13.4. The minimum atomic E-state index is -3.97. The van der Waals surface area contributed by atoms with Gasteiger partial charge in [-0.1, -0.05) is 93.2 Å². The van der Waals surface area contributed by atoms with E-state index in [0.29, 0.717) is 29.1 Å². The van der Waals surface area contributed by atoms with E-state index >= 15 is 0 Å². The van der Waals surface area contributed by atoms with E-state index in [1.807, 2.05) is 86.6 Å². The van der Waals surface area contributed by atoms with Gasteiger partial charge in [0.25, 0.3) is 0 Å². The molecule has 1 aromatic heterocycles. The van der Waals surface area contributed by atoms with E-state index in [1.54, 1.807) is 12.1 Å². The van der Waals surface area contributed by atoms with Crippen LogP contribution >= 0.6 is 11.3 Å². The SMILES string of the molecule is C=C(NCc1ccc(C(CO)N(CCC(C)C)S(=O)(=O)c2ccc(CO)cc2)s1)[C@@H](NC(=O)OC)C(c1ccccc1)c1ccccc1. The third-order valence-electron chi connectivity index (χ3n) is 8.15. The Balaban J connectivity index is 1.59. The first-order chi connectivity index (χ1) is 23.1. The van der Waals surface area contributed by atoms with Gasteiger partial charge in [-0.25, -0.2) is 13.2 Å². The number of nitrogens with one attached hydrogen (secondary N) is 2. The number of ether oxygens (including phenoxy) is 1. The highest BCUT2D eigenvalue weighted by molar-refractivity contribution is 7.89. The summed E-state index contributed by atoms with van der Waals surface area (Å²) in [7, 11) is -2.65. The molecule has 3 aromatic carbocycles. The van der Waals surface area contributed by atoms with Crippen molar-refractivity contribution in [2.75, 3.05) is 20.3 Å². The molecule has 0 saturated carbocycles. The number of hydrogen-bond donors (Lipinski definition) is 4. The van der Waals surface area contributed by atoms with Gasteiger partial charge in [0.05, 0.1) is 37.3 Å². The number of methoxy groups -OCH3 is 1. The second-order valence-electron chi connectivity index (χ2n) is 11.9. The maximum absolute atomic E-state index is 13.9. The van der Waals surface area contributed by atoms with Gasteiger partial charge in [0.15, 0.2) is 0 Å². The number of rotatable bonds is 17. The number of aliphatic hydroxyl groups is 2. The first-order valence-electron chi connectivity index (χ1n) is 15.9. The standard InChI is InChI=1S/C37H45N3O6S2/c1-26(2)21-22-40(48(44,45)32-18-15-28(24-41)16-19-32)33(25-42)34-20-17-31(47-34)23-38-27(3)36(39-37(43)46-4)35(29-11-7-5-8-12-29)30-13-9-6-10-14-30/h5-20,26,33,35-36,38,41-42H,3,21-25H2,1-2,4H3,(H,39,43)/t33?,36-/m1/s1. The quantitative estimate of drug-likeness (QED) is 0.104. The predicted molar refractivity (Wildman–Crippen MR) is 190 cm³/mol. The topological polar surface area (TPSA) is 128 Å². The van der Waals surface area contributed by atoms with Gasteiger partial charge < -0.3 is 25.6 Å². The van der Waals surface area contributed by atoms with Crippen molar-refractivity contribution < 1.29 is 28.2 Å². The average Bonchev–Trinajstić information content (AvgIpc) is 3.58. The first-order valence-corrected chi connectivity index (χ1v) is 18.1. The third kappa shape index (κ3) is 9.33. The maximum Gasteiger partial charge on any atom is 0.407 e. The molecule has 0 radical (unpaired) electrons. The van der Waals surface area contributed by atoms with Crippen LogP contribution in [0.1, 0.15) is 58.7 Å². The molecule has 1 amide bonds. The van der Waals surface area contributed by atoms with Crippen LogP contribution in [0.4, 0.5) is 4.79 Å². The fourth-order valence-electron chi connectivity index (χ4n) is 5.49. The molecule has 4 aromatic rings. The highest BCUT2D eigenvalue weighted by Crippen LogP contribution is 2.34. The molecule has 0 fully saturated rings. The third-order valence-corrected chi connectivity index (χ3v) is 11.3. The lowest BCUT2D eigenvalue weighted by Gasteiger charge is -2.31. The van der Waals surface area contributed by atoms with E-state index in [-0.39, 0.29) is 29.9 Å². The van der Waals surface area contributed by atoms with E-state index in [0.717, 1.165) is 16.0 Å². The molecule has 0 aliphatic heterocycles. The summed E-state index contributed by atoms with van der Waals surface area (Å²) < 4.78 is 34.2. The summed E-state index contributed by atoms with van der Waals surface area (Å²) in [5.74, 6) is -0.0228. The van der Waals surface area contributed by atoms with E-state index in [9.17, 15) is 23.4 Å². The van der Waals surface area contributed by atoms with Crippen LogP contribution < -0.4 is 10.6 Å². The van der Waals surface area contributed by atoms with Crippen LogP contribution in [0.25, 0.3) is 0 Å². The molecule has 2 atom stereocenters. The number of sulfonamides is 1. The van der Waals surface area contributed by atoms with Crippen molar-refractivity contribution >= 4 is 27.5 Å². The van der Waals surface area contributed by atoms with Crippen molar-refractivity contribution in [3.8, 4) is 0 Å². The Hall–Kier alpha value is -4.00. The van der Waals surface area contributed by atoms with Gasteiger partial charge in [-0.3, -0.25) is 0 Å². The molecule has 4 N–H and O–H groups in total. The molecule has 1 unspecified atom stereocenters. The molecule has 256 valence electrons. The van der Waals surface area contributed by atoms with Crippen LogP contribution in [0.2, 0.25) is 0 Å². The summed E-state index contributed by atoms with van der Waals surface area (Å²) in [4.78, 5) is 14.3. The Labute approximate surface area is 288 Å². The van der Waals surface area contributed by atoms with E-state index in [2.05, 4.69) is 17.2 Å². The van der Waals surface area contributed by atoms with Crippen molar-refractivity contribution in [3.05, 3.63) is 136 Å². The van der Waals surface area contributed by atoms with Crippen molar-refractivity contribution in [1.82, 2.24) is 14.9 Å². The second kappa shape index (κ2) is 17.4. The van der Waals surface area contributed by atoms with E-state index < -0.39 is 34.8 Å². The Morgan fingerprint density at radius 3 is 2.04 bits per heavy atom. The van der Waals surface area contributed by atoms with E-state index in [4.69, 9.17) is 4.74 Å². The van der Waals surface area contributed by atoms with Crippen LogP contribution in [-0.2, 0) is 27.9 Å². The Morgan fingerprint density at radius 1 is 0.917 bits per heavy atom. The highest BCUT2D eigenvalue weighted by atomic mass is 32.2. The van der Waals surface area contributed by atoms with Gasteiger partial charge in [-0.2, -0.15) is 4.31 Å². The van der Waals surface area contributed by atoms with Crippen LogP contribution in [0.15, 0.2) is 114 Å². The lowest BCUT2D eigenvalue weighted by atomic mass is 9.83. The smallest absolute Gasteiger partial charge is 0.407 e. The van der Waals surface area contributed by atoms with Crippen LogP contribution in [0, 0.1) is 5.92 Å². The van der Waals surface area contributed by atoms with Gasteiger partial charge in [0.2, 0.25) is 10.0 Å². The van der Waals surface area contributed by atoms with Gasteiger partial charge in [-0.15, -0.1) is 11.3 Å². The minimum absolute atomic E-state index is 0.104. The first kappa shape index (κ1) is 36.8. The zero-order valence-electron chi connectivity index (χ0n) is 27.6. The maximum atomic E-state index is 13.9.